The van der Waals surface area contributed by atoms with Crippen molar-refractivity contribution >= 4 is 5.96 Å². The molecule has 0 aliphatic rings. The molecule has 3 rings (SSSR count). The second-order valence-corrected chi connectivity index (χ2v) is 6.74. The smallest absolute Gasteiger partial charge is 0.191 e. The molecule has 3 aromatic rings. The van der Waals surface area contributed by atoms with Crippen LogP contribution in [0, 0.1) is 0 Å². The lowest BCUT2D eigenvalue weighted by atomic mass is 9.96. The first kappa shape index (κ1) is 19.6. The van der Waals surface area contributed by atoms with Crippen LogP contribution in [0.2, 0.25) is 0 Å². The average molecular weight is 378 g/mol. The minimum absolute atomic E-state index is 0.330. The molecule has 0 spiro atoms. The monoisotopic (exact) mass is 378 g/mol. The number of guanidine groups is 1. The van der Waals surface area contributed by atoms with Gasteiger partial charge < -0.3 is 20.3 Å². The van der Waals surface area contributed by atoms with Crippen molar-refractivity contribution in [3.8, 4) is 11.3 Å². The van der Waals surface area contributed by atoms with Crippen LogP contribution >= 0.6 is 0 Å². The van der Waals surface area contributed by atoms with Crippen LogP contribution < -0.4 is 10.6 Å². The molecule has 0 aliphatic carbocycles. The molecule has 146 valence electrons. The van der Waals surface area contributed by atoms with Gasteiger partial charge in [-0.3, -0.25) is 0 Å². The number of benzene rings is 2. The lowest BCUT2D eigenvalue weighted by Gasteiger charge is -2.25. The summed E-state index contributed by atoms with van der Waals surface area (Å²) in [5, 5.41) is 21.2. The standard InChI is InChI=1S/C22H26N4O2/c1-3-23-21(25-16-22(2,27)18-12-8-5-9-13-18)24-15-19-14-20(28-26-19)17-10-6-4-7-11-17/h4-14,27H,3,15-16H2,1-2H3,(H2,23,24,25). The van der Waals surface area contributed by atoms with E-state index < -0.39 is 5.60 Å². The van der Waals surface area contributed by atoms with Gasteiger partial charge in [-0.2, -0.15) is 0 Å². The van der Waals surface area contributed by atoms with Crippen LogP contribution in [0.3, 0.4) is 0 Å². The Kier molecular flexibility index (Phi) is 6.45. The topological polar surface area (TPSA) is 82.7 Å². The third kappa shape index (κ3) is 5.20. The fraction of sp³-hybridized carbons (Fsp3) is 0.273. The molecule has 3 N–H and O–H groups in total. The molecule has 0 bridgehead atoms. The fourth-order valence-electron chi connectivity index (χ4n) is 2.78. The summed E-state index contributed by atoms with van der Waals surface area (Å²) in [5.41, 5.74) is 1.56. The van der Waals surface area contributed by atoms with Gasteiger partial charge in [0, 0.05) is 18.2 Å². The van der Waals surface area contributed by atoms with Gasteiger partial charge in [0.25, 0.3) is 0 Å². The first-order valence-electron chi connectivity index (χ1n) is 9.39. The number of aromatic nitrogens is 1. The lowest BCUT2D eigenvalue weighted by Crippen LogP contribution is -2.44. The van der Waals surface area contributed by atoms with Gasteiger partial charge in [-0.25, -0.2) is 4.99 Å². The van der Waals surface area contributed by atoms with E-state index in [0.29, 0.717) is 25.6 Å². The minimum Gasteiger partial charge on any atom is -0.384 e. The van der Waals surface area contributed by atoms with E-state index in [0.717, 1.165) is 22.6 Å². The number of rotatable bonds is 7. The van der Waals surface area contributed by atoms with Gasteiger partial charge in [-0.05, 0) is 19.4 Å². The van der Waals surface area contributed by atoms with Gasteiger partial charge in [0.2, 0.25) is 0 Å². The van der Waals surface area contributed by atoms with Crippen molar-refractivity contribution in [3.05, 3.63) is 78.0 Å². The zero-order chi connectivity index (χ0) is 19.8. The van der Waals surface area contributed by atoms with Crippen molar-refractivity contribution in [2.45, 2.75) is 26.0 Å². The van der Waals surface area contributed by atoms with E-state index in [1.165, 1.54) is 0 Å². The molecule has 2 aromatic carbocycles. The third-order valence-electron chi connectivity index (χ3n) is 4.36. The van der Waals surface area contributed by atoms with Crippen LogP contribution in [0.1, 0.15) is 25.1 Å². The number of nitrogens with one attached hydrogen (secondary N) is 2. The number of hydrogen-bond acceptors (Lipinski definition) is 4. The van der Waals surface area contributed by atoms with Crippen LogP contribution in [0.5, 0.6) is 0 Å². The molecule has 1 unspecified atom stereocenters. The molecule has 1 aromatic heterocycles. The predicted octanol–water partition coefficient (Wildman–Crippen LogP) is 3.30. The zero-order valence-corrected chi connectivity index (χ0v) is 16.2. The highest BCUT2D eigenvalue weighted by Gasteiger charge is 2.23. The number of aliphatic hydroxyl groups is 1. The first-order chi connectivity index (χ1) is 13.6. The second-order valence-electron chi connectivity index (χ2n) is 6.74. The quantitative estimate of drug-likeness (QED) is 0.434. The zero-order valence-electron chi connectivity index (χ0n) is 16.2. The van der Waals surface area contributed by atoms with Crippen LogP contribution in [0.15, 0.2) is 76.2 Å². The fourth-order valence-corrected chi connectivity index (χ4v) is 2.78. The van der Waals surface area contributed by atoms with E-state index in [-0.39, 0.29) is 0 Å². The van der Waals surface area contributed by atoms with E-state index >= 15 is 0 Å². The summed E-state index contributed by atoms with van der Waals surface area (Å²) >= 11 is 0. The number of nitrogens with zero attached hydrogens (tertiary/aromatic N) is 2. The van der Waals surface area contributed by atoms with E-state index in [1.54, 1.807) is 6.92 Å². The van der Waals surface area contributed by atoms with Gasteiger partial charge in [-0.15, -0.1) is 0 Å². The molecule has 1 heterocycles. The molecule has 1 atom stereocenters. The molecule has 0 saturated heterocycles. The summed E-state index contributed by atoms with van der Waals surface area (Å²) in [4.78, 5) is 4.55. The Morgan fingerprint density at radius 3 is 2.43 bits per heavy atom. The molecule has 0 fully saturated rings. The second kappa shape index (κ2) is 9.19. The maximum atomic E-state index is 10.7. The Labute approximate surface area is 165 Å². The predicted molar refractivity (Wildman–Crippen MR) is 111 cm³/mol. The van der Waals surface area contributed by atoms with Gasteiger partial charge in [0.1, 0.15) is 11.3 Å². The Balaban J connectivity index is 1.64. The highest BCUT2D eigenvalue weighted by atomic mass is 16.5. The molecule has 0 saturated carbocycles. The Hall–Kier alpha value is -3.12. The maximum absolute atomic E-state index is 10.7. The summed E-state index contributed by atoms with van der Waals surface area (Å²) in [6.45, 7) is 5.20. The first-order valence-corrected chi connectivity index (χ1v) is 9.39. The Bertz CT molecular complexity index is 889. The van der Waals surface area contributed by atoms with Crippen molar-refractivity contribution < 1.29 is 9.63 Å². The molecule has 6 heteroatoms. The molecule has 0 amide bonds. The number of aliphatic imine (C=N–C) groups is 1. The summed E-state index contributed by atoms with van der Waals surface area (Å²) in [6.07, 6.45) is 0. The summed E-state index contributed by atoms with van der Waals surface area (Å²) < 4.78 is 5.41. The van der Waals surface area contributed by atoms with Gasteiger partial charge >= 0.3 is 0 Å². The van der Waals surface area contributed by atoms with Crippen molar-refractivity contribution in [2.24, 2.45) is 4.99 Å². The van der Waals surface area contributed by atoms with Gasteiger partial charge in [0.15, 0.2) is 11.7 Å². The van der Waals surface area contributed by atoms with E-state index in [4.69, 9.17) is 4.52 Å². The normalized spacial score (nSPS) is 13.8. The summed E-state index contributed by atoms with van der Waals surface area (Å²) in [7, 11) is 0. The third-order valence-corrected chi connectivity index (χ3v) is 4.36. The van der Waals surface area contributed by atoms with Crippen LogP contribution in [-0.2, 0) is 12.1 Å². The molecular weight excluding hydrogens is 352 g/mol. The van der Waals surface area contributed by atoms with Gasteiger partial charge in [-0.1, -0.05) is 65.8 Å². The molecule has 0 radical (unpaired) electrons. The maximum Gasteiger partial charge on any atom is 0.191 e. The van der Waals surface area contributed by atoms with Crippen LogP contribution in [-0.4, -0.2) is 29.3 Å². The molecule has 6 nitrogen and oxygen atoms in total. The lowest BCUT2D eigenvalue weighted by molar-refractivity contribution is 0.0617. The van der Waals surface area contributed by atoms with Crippen molar-refractivity contribution in [1.29, 1.82) is 0 Å². The molecular formula is C22H26N4O2. The van der Waals surface area contributed by atoms with Crippen molar-refractivity contribution in [2.75, 3.05) is 13.1 Å². The number of hydrogen-bond donors (Lipinski definition) is 3. The SMILES string of the molecule is CCNC(=NCc1cc(-c2ccccc2)on1)NCC(C)(O)c1ccccc1. The van der Waals surface area contributed by atoms with Crippen LogP contribution in [0.25, 0.3) is 11.3 Å². The Morgan fingerprint density at radius 1 is 1.07 bits per heavy atom. The molecule has 28 heavy (non-hydrogen) atoms. The minimum atomic E-state index is -1.01. The average Bonchev–Trinajstić information content (AvgIpc) is 3.20. The van der Waals surface area contributed by atoms with Crippen molar-refractivity contribution in [3.63, 3.8) is 0 Å². The van der Waals surface area contributed by atoms with Crippen molar-refractivity contribution in [1.82, 2.24) is 15.8 Å². The van der Waals surface area contributed by atoms with Gasteiger partial charge in [0.05, 0.1) is 13.1 Å². The summed E-state index contributed by atoms with van der Waals surface area (Å²) in [5.74, 6) is 1.33. The largest absolute Gasteiger partial charge is 0.384 e. The van der Waals surface area contributed by atoms with E-state index in [1.807, 2.05) is 73.7 Å². The summed E-state index contributed by atoms with van der Waals surface area (Å²) in [6, 6.07) is 21.3. The Morgan fingerprint density at radius 2 is 1.75 bits per heavy atom. The molecule has 0 aliphatic heterocycles. The van der Waals surface area contributed by atoms with E-state index in [2.05, 4.69) is 20.8 Å². The highest BCUT2D eigenvalue weighted by Crippen LogP contribution is 2.20. The van der Waals surface area contributed by atoms with E-state index in [9.17, 15) is 5.11 Å². The highest BCUT2D eigenvalue weighted by molar-refractivity contribution is 5.79. The van der Waals surface area contributed by atoms with Crippen LogP contribution in [0.4, 0.5) is 0 Å².